The van der Waals surface area contributed by atoms with Crippen molar-refractivity contribution >= 4 is 23.7 Å². The fraction of sp³-hybridized carbons (Fsp3) is 0.0909. The van der Waals surface area contributed by atoms with Crippen LogP contribution < -0.4 is 5.46 Å². The number of hydrogen-bond acceptors (Lipinski definition) is 1. The molecule has 1 aliphatic heterocycles. The van der Waals surface area contributed by atoms with Crippen molar-refractivity contribution in [2.45, 2.75) is 6.61 Å². The quantitative estimate of drug-likeness (QED) is 0.541. The van der Waals surface area contributed by atoms with Crippen molar-refractivity contribution in [3.05, 3.63) is 42.0 Å². The normalized spacial score (nSPS) is 14.2. The molecule has 0 unspecified atom stereocenters. The zero-order valence-electron chi connectivity index (χ0n) is 7.16. The lowest BCUT2D eigenvalue weighted by atomic mass is 9.85. The molecule has 2 heteroatoms. The molecule has 13 heavy (non-hydrogen) atoms. The van der Waals surface area contributed by atoms with Gasteiger partial charge in [0.25, 0.3) is 0 Å². The van der Waals surface area contributed by atoms with Gasteiger partial charge in [-0.05, 0) is 21.8 Å². The molecule has 0 saturated carbocycles. The fourth-order valence-electron chi connectivity index (χ4n) is 1.84. The Bertz CT molecular complexity index is 465. The summed E-state index contributed by atoms with van der Waals surface area (Å²) in [6, 6.07) is 12.7. The summed E-state index contributed by atoms with van der Waals surface area (Å²) < 4.78 is 5.30. The van der Waals surface area contributed by atoms with E-state index in [0.717, 1.165) is 6.61 Å². The molecule has 0 atom stereocenters. The van der Waals surface area contributed by atoms with E-state index in [1.165, 1.54) is 21.8 Å². The van der Waals surface area contributed by atoms with E-state index in [4.69, 9.17) is 4.65 Å². The van der Waals surface area contributed by atoms with E-state index in [-0.39, 0.29) is 0 Å². The number of benzene rings is 2. The van der Waals surface area contributed by atoms with Crippen LogP contribution >= 0.6 is 0 Å². The summed E-state index contributed by atoms with van der Waals surface area (Å²) in [6.45, 7) is 0.719. The van der Waals surface area contributed by atoms with Gasteiger partial charge < -0.3 is 4.65 Å². The van der Waals surface area contributed by atoms with Crippen LogP contribution in [0.3, 0.4) is 0 Å². The van der Waals surface area contributed by atoms with Gasteiger partial charge in [0.2, 0.25) is 0 Å². The average Bonchev–Trinajstić information content (AvgIpc) is 2.65. The molecule has 0 amide bonds. The molecular weight excluding hydrogens is 159 g/mol. The van der Waals surface area contributed by atoms with Crippen molar-refractivity contribution < 1.29 is 4.65 Å². The number of hydrogen-bond donors (Lipinski definition) is 0. The summed E-state index contributed by atoms with van der Waals surface area (Å²) in [7, 11) is 1.84. The Morgan fingerprint density at radius 2 is 2.00 bits per heavy atom. The Morgan fingerprint density at radius 1 is 1.08 bits per heavy atom. The molecule has 61 valence electrons. The van der Waals surface area contributed by atoms with E-state index in [9.17, 15) is 0 Å². The minimum absolute atomic E-state index is 0.719. The smallest absolute Gasteiger partial charge is 0.330 e. The van der Waals surface area contributed by atoms with Crippen LogP contribution in [0.4, 0.5) is 0 Å². The average molecular weight is 167 g/mol. The van der Waals surface area contributed by atoms with Crippen LogP contribution in [0.2, 0.25) is 0 Å². The SMILES string of the molecule is [B]1OCc2c1ccc1ccccc21. The molecule has 0 saturated heterocycles. The predicted molar refractivity (Wildman–Crippen MR) is 54.1 cm³/mol. The molecular formula is C11H8BO. The molecule has 0 fully saturated rings. The lowest BCUT2D eigenvalue weighted by Gasteiger charge is -2.02. The van der Waals surface area contributed by atoms with Gasteiger partial charge in [-0.25, -0.2) is 0 Å². The van der Waals surface area contributed by atoms with Crippen LogP contribution in [-0.4, -0.2) is 7.48 Å². The van der Waals surface area contributed by atoms with Crippen LogP contribution in [0.25, 0.3) is 10.8 Å². The summed E-state index contributed by atoms with van der Waals surface area (Å²) in [4.78, 5) is 0. The van der Waals surface area contributed by atoms with E-state index in [1.54, 1.807) is 0 Å². The summed E-state index contributed by atoms with van der Waals surface area (Å²) in [5, 5.41) is 2.61. The van der Waals surface area contributed by atoms with E-state index < -0.39 is 0 Å². The molecule has 0 aromatic heterocycles. The van der Waals surface area contributed by atoms with Crippen molar-refractivity contribution in [2.24, 2.45) is 0 Å². The summed E-state index contributed by atoms with van der Waals surface area (Å²) in [5.74, 6) is 0. The first kappa shape index (κ1) is 7.16. The zero-order valence-corrected chi connectivity index (χ0v) is 7.16. The standard InChI is InChI=1S/C11H8BO/c1-2-4-9-8(3-1)5-6-11-10(9)7-13-12-11/h1-6H,7H2. The molecule has 0 aliphatic carbocycles. The molecule has 0 N–H and O–H groups in total. The Labute approximate surface area is 77.6 Å². The summed E-state index contributed by atoms with van der Waals surface area (Å²) in [5.41, 5.74) is 2.54. The van der Waals surface area contributed by atoms with Gasteiger partial charge in [-0.15, -0.1) is 0 Å². The van der Waals surface area contributed by atoms with Crippen molar-refractivity contribution in [3.8, 4) is 0 Å². The molecule has 2 aromatic carbocycles. The topological polar surface area (TPSA) is 9.23 Å². The van der Waals surface area contributed by atoms with E-state index in [2.05, 4.69) is 36.4 Å². The Balaban J connectivity index is 2.43. The third kappa shape index (κ3) is 0.989. The van der Waals surface area contributed by atoms with Crippen molar-refractivity contribution in [2.75, 3.05) is 0 Å². The van der Waals surface area contributed by atoms with Crippen molar-refractivity contribution in [1.29, 1.82) is 0 Å². The molecule has 1 aliphatic rings. The molecule has 1 radical (unpaired) electrons. The van der Waals surface area contributed by atoms with Gasteiger partial charge in [0.05, 0.1) is 6.61 Å². The Hall–Kier alpha value is -1.28. The summed E-state index contributed by atoms with van der Waals surface area (Å²) >= 11 is 0. The predicted octanol–water partition coefficient (Wildman–Crippen LogP) is 1.61. The maximum Gasteiger partial charge on any atom is 0.330 e. The molecule has 2 aromatic rings. The molecule has 3 rings (SSSR count). The molecule has 0 bridgehead atoms. The second-order valence-corrected chi connectivity index (χ2v) is 3.28. The lowest BCUT2D eigenvalue weighted by molar-refractivity contribution is 0.346. The van der Waals surface area contributed by atoms with Crippen LogP contribution in [0.15, 0.2) is 36.4 Å². The van der Waals surface area contributed by atoms with Crippen molar-refractivity contribution in [3.63, 3.8) is 0 Å². The molecule has 0 spiro atoms. The second-order valence-electron chi connectivity index (χ2n) is 3.28. The van der Waals surface area contributed by atoms with Gasteiger partial charge in [-0.3, -0.25) is 0 Å². The van der Waals surface area contributed by atoms with E-state index in [0.29, 0.717) is 0 Å². The van der Waals surface area contributed by atoms with E-state index in [1.807, 2.05) is 7.48 Å². The maximum atomic E-state index is 5.30. The monoisotopic (exact) mass is 167 g/mol. The highest BCUT2D eigenvalue weighted by Crippen LogP contribution is 2.19. The van der Waals surface area contributed by atoms with Crippen LogP contribution in [0.5, 0.6) is 0 Å². The van der Waals surface area contributed by atoms with Crippen LogP contribution in [0.1, 0.15) is 5.56 Å². The highest BCUT2D eigenvalue weighted by Gasteiger charge is 2.14. The fourth-order valence-corrected chi connectivity index (χ4v) is 1.84. The van der Waals surface area contributed by atoms with Crippen molar-refractivity contribution in [1.82, 2.24) is 0 Å². The van der Waals surface area contributed by atoms with Gasteiger partial charge in [-0.2, -0.15) is 0 Å². The highest BCUT2D eigenvalue weighted by molar-refractivity contribution is 6.49. The van der Waals surface area contributed by atoms with E-state index >= 15 is 0 Å². The minimum atomic E-state index is 0.719. The Kier molecular flexibility index (Phi) is 1.44. The van der Waals surface area contributed by atoms with Gasteiger partial charge in [0.1, 0.15) is 0 Å². The second kappa shape index (κ2) is 2.61. The van der Waals surface area contributed by atoms with Gasteiger partial charge in [0.15, 0.2) is 0 Å². The molecule has 1 heterocycles. The largest absolute Gasteiger partial charge is 0.430 e. The first-order valence-electron chi connectivity index (χ1n) is 4.40. The van der Waals surface area contributed by atoms with Gasteiger partial charge in [0, 0.05) is 0 Å². The van der Waals surface area contributed by atoms with Gasteiger partial charge >= 0.3 is 7.48 Å². The van der Waals surface area contributed by atoms with Crippen LogP contribution in [-0.2, 0) is 11.3 Å². The third-order valence-electron chi connectivity index (χ3n) is 2.51. The Morgan fingerprint density at radius 3 is 3.00 bits per heavy atom. The summed E-state index contributed by atoms with van der Waals surface area (Å²) in [6.07, 6.45) is 0. The zero-order chi connectivity index (χ0) is 8.67. The third-order valence-corrected chi connectivity index (χ3v) is 2.51. The van der Waals surface area contributed by atoms with Gasteiger partial charge in [-0.1, -0.05) is 36.4 Å². The maximum absolute atomic E-state index is 5.30. The highest BCUT2D eigenvalue weighted by atomic mass is 16.4. The number of fused-ring (bicyclic) bond motifs is 3. The van der Waals surface area contributed by atoms with Crippen LogP contribution in [0, 0.1) is 0 Å². The number of rotatable bonds is 0. The molecule has 1 nitrogen and oxygen atoms in total. The first-order valence-corrected chi connectivity index (χ1v) is 4.40. The minimum Gasteiger partial charge on any atom is -0.430 e. The first-order chi connectivity index (χ1) is 6.45. The lowest BCUT2D eigenvalue weighted by Crippen LogP contribution is -2.10.